The van der Waals surface area contributed by atoms with Crippen molar-refractivity contribution in [3.8, 4) is 11.1 Å². The van der Waals surface area contributed by atoms with Gasteiger partial charge in [0.05, 0.1) is 16.6 Å². The first-order valence-corrected chi connectivity index (χ1v) is 15.5. The van der Waals surface area contributed by atoms with E-state index in [9.17, 15) is 22.8 Å². The summed E-state index contributed by atoms with van der Waals surface area (Å²) in [6, 6.07) is 21.6. The number of aromatic nitrogens is 1. The molecule has 2 saturated heterocycles. The number of likely N-dealkylation sites (tertiary alicyclic amines) is 1. The molecule has 10 heteroatoms. The van der Waals surface area contributed by atoms with Gasteiger partial charge in [-0.1, -0.05) is 60.7 Å². The molecule has 1 aromatic heterocycles. The number of hydrogen-bond donors (Lipinski definition) is 0. The summed E-state index contributed by atoms with van der Waals surface area (Å²) >= 11 is 1.47. The molecule has 4 aromatic rings. The van der Waals surface area contributed by atoms with Gasteiger partial charge >= 0.3 is 6.18 Å². The number of benzene rings is 3. The summed E-state index contributed by atoms with van der Waals surface area (Å²) in [6.45, 7) is 4.91. The topological polar surface area (TPSA) is 62.7 Å². The first kappa shape index (κ1) is 30.0. The zero-order valence-electron chi connectivity index (χ0n) is 24.3. The monoisotopic (exact) mass is 619 g/mol. The number of rotatable bonds is 5. The SMILES string of the molecule is CC1OC(c2ccccc2)C(C)N1C(=O)c1csc(C2CCN(C(=O)c3ccccc3-c3ccc(C(F)(F)F)cc3)CC2)n1. The fourth-order valence-electron chi connectivity index (χ4n) is 6.18. The Labute approximate surface area is 258 Å². The summed E-state index contributed by atoms with van der Waals surface area (Å²) in [7, 11) is 0. The van der Waals surface area contributed by atoms with Crippen LogP contribution >= 0.6 is 11.3 Å². The minimum atomic E-state index is -4.42. The Morgan fingerprint density at radius 3 is 2.23 bits per heavy atom. The highest BCUT2D eigenvalue weighted by molar-refractivity contribution is 7.09. The maximum atomic E-state index is 13.6. The number of alkyl halides is 3. The van der Waals surface area contributed by atoms with E-state index in [0.29, 0.717) is 48.3 Å². The van der Waals surface area contributed by atoms with Gasteiger partial charge in [-0.2, -0.15) is 13.2 Å². The van der Waals surface area contributed by atoms with E-state index < -0.39 is 11.7 Å². The molecule has 6 nitrogen and oxygen atoms in total. The van der Waals surface area contributed by atoms with Crippen molar-refractivity contribution in [2.45, 2.75) is 57.2 Å². The van der Waals surface area contributed by atoms with E-state index in [2.05, 4.69) is 0 Å². The fourth-order valence-corrected chi connectivity index (χ4v) is 7.15. The van der Waals surface area contributed by atoms with Gasteiger partial charge in [0, 0.05) is 30.0 Å². The second kappa shape index (κ2) is 12.2. The Morgan fingerprint density at radius 2 is 1.55 bits per heavy atom. The van der Waals surface area contributed by atoms with Crippen molar-refractivity contribution >= 4 is 23.2 Å². The third-order valence-corrected chi connectivity index (χ3v) is 9.54. The molecule has 0 radical (unpaired) electrons. The lowest BCUT2D eigenvalue weighted by molar-refractivity contribution is -0.137. The molecule has 44 heavy (non-hydrogen) atoms. The van der Waals surface area contributed by atoms with E-state index in [0.717, 1.165) is 22.7 Å². The number of hydrogen-bond acceptors (Lipinski definition) is 5. The van der Waals surface area contributed by atoms with Gasteiger partial charge in [0.25, 0.3) is 11.8 Å². The second-order valence-corrected chi connectivity index (χ2v) is 12.2. The molecule has 0 saturated carbocycles. The van der Waals surface area contributed by atoms with Crippen molar-refractivity contribution in [1.29, 1.82) is 0 Å². The van der Waals surface area contributed by atoms with Crippen LogP contribution in [0.4, 0.5) is 13.2 Å². The normalized spacial score (nSPS) is 21.1. The van der Waals surface area contributed by atoms with Gasteiger partial charge in [0.2, 0.25) is 0 Å². The number of thiazole rings is 1. The molecular weight excluding hydrogens is 587 g/mol. The largest absolute Gasteiger partial charge is 0.416 e. The predicted octanol–water partition coefficient (Wildman–Crippen LogP) is 7.80. The van der Waals surface area contributed by atoms with Crippen LogP contribution in [0, 0.1) is 0 Å². The molecule has 2 amide bonds. The van der Waals surface area contributed by atoms with E-state index >= 15 is 0 Å². The quantitative estimate of drug-likeness (QED) is 0.229. The van der Waals surface area contributed by atoms with Gasteiger partial charge in [-0.15, -0.1) is 11.3 Å². The molecule has 3 unspecified atom stereocenters. The number of carbonyl (C=O) groups excluding carboxylic acids is 2. The lowest BCUT2D eigenvalue weighted by Crippen LogP contribution is -2.40. The van der Waals surface area contributed by atoms with Gasteiger partial charge in [0.15, 0.2) is 0 Å². The minimum absolute atomic E-state index is 0.123. The van der Waals surface area contributed by atoms with E-state index in [-0.39, 0.29) is 36.1 Å². The highest BCUT2D eigenvalue weighted by atomic mass is 32.1. The summed E-state index contributed by atoms with van der Waals surface area (Å²) in [5.41, 5.74) is 2.32. The summed E-state index contributed by atoms with van der Waals surface area (Å²) < 4.78 is 45.3. The number of carbonyl (C=O) groups is 2. The molecule has 2 aliphatic rings. The zero-order valence-corrected chi connectivity index (χ0v) is 25.1. The predicted molar refractivity (Wildman–Crippen MR) is 162 cm³/mol. The van der Waals surface area contributed by atoms with Gasteiger partial charge in [-0.25, -0.2) is 4.98 Å². The summed E-state index contributed by atoms with van der Waals surface area (Å²) in [4.78, 5) is 35.4. The smallest absolute Gasteiger partial charge is 0.349 e. The fraction of sp³-hybridized carbons (Fsp3) is 0.324. The molecule has 3 heterocycles. The summed E-state index contributed by atoms with van der Waals surface area (Å²) in [6.07, 6.45) is -3.61. The molecule has 3 aromatic carbocycles. The Balaban J connectivity index is 1.10. The zero-order chi connectivity index (χ0) is 31.0. The molecule has 2 fully saturated rings. The minimum Gasteiger partial charge on any atom is -0.349 e. The average molecular weight is 620 g/mol. The summed E-state index contributed by atoms with van der Waals surface area (Å²) in [5.74, 6) is -0.185. The molecule has 2 aliphatic heterocycles. The highest BCUT2D eigenvalue weighted by Gasteiger charge is 2.42. The Hall–Kier alpha value is -4.02. The van der Waals surface area contributed by atoms with Crippen LogP contribution in [-0.4, -0.2) is 52.0 Å². The van der Waals surface area contributed by atoms with E-state index in [1.54, 1.807) is 34.1 Å². The van der Waals surface area contributed by atoms with E-state index in [1.807, 2.05) is 49.6 Å². The third kappa shape index (κ3) is 5.88. The van der Waals surface area contributed by atoms with Crippen LogP contribution in [-0.2, 0) is 10.9 Å². The third-order valence-electron chi connectivity index (χ3n) is 8.53. The standard InChI is InChI=1S/C34H32F3N3O3S/c1-21-30(24-8-4-3-5-9-24)43-22(2)40(21)33(42)29-20-44-31(38-29)25-16-18-39(19-17-25)32(41)28-11-7-6-10-27(28)23-12-14-26(15-13-23)34(35,36)37/h3-15,20-22,25,30H,16-19H2,1-2H3. The Kier molecular flexibility index (Phi) is 8.30. The van der Waals surface area contributed by atoms with Crippen LogP contribution in [0.25, 0.3) is 11.1 Å². The number of nitrogens with zero attached hydrogens (tertiary/aromatic N) is 3. The van der Waals surface area contributed by atoms with E-state index in [1.165, 1.54) is 23.5 Å². The lowest BCUT2D eigenvalue weighted by Gasteiger charge is -2.31. The molecular formula is C34H32F3N3O3S. The maximum absolute atomic E-state index is 13.6. The molecule has 3 atom stereocenters. The van der Waals surface area contributed by atoms with Crippen LogP contribution in [0.2, 0.25) is 0 Å². The van der Waals surface area contributed by atoms with Crippen molar-refractivity contribution in [3.63, 3.8) is 0 Å². The second-order valence-electron chi connectivity index (χ2n) is 11.3. The molecule has 6 rings (SSSR count). The average Bonchev–Trinajstić information content (AvgIpc) is 3.65. The van der Waals surface area contributed by atoms with Gasteiger partial charge in [0.1, 0.15) is 18.0 Å². The Bertz CT molecular complexity index is 1630. The molecule has 0 N–H and O–H groups in total. The number of halogens is 3. The van der Waals surface area contributed by atoms with Crippen molar-refractivity contribution in [1.82, 2.24) is 14.8 Å². The van der Waals surface area contributed by atoms with Crippen molar-refractivity contribution < 1.29 is 27.5 Å². The van der Waals surface area contributed by atoms with Crippen LogP contribution in [0.3, 0.4) is 0 Å². The van der Waals surface area contributed by atoms with Gasteiger partial charge in [-0.05, 0) is 61.6 Å². The van der Waals surface area contributed by atoms with Crippen molar-refractivity contribution in [2.75, 3.05) is 13.1 Å². The van der Waals surface area contributed by atoms with Gasteiger partial charge in [-0.3, -0.25) is 9.59 Å². The van der Waals surface area contributed by atoms with Crippen molar-refractivity contribution in [3.05, 3.63) is 112 Å². The maximum Gasteiger partial charge on any atom is 0.416 e. The van der Waals surface area contributed by atoms with Gasteiger partial charge < -0.3 is 14.5 Å². The number of ether oxygens (including phenoxy) is 1. The summed E-state index contributed by atoms with van der Waals surface area (Å²) in [5, 5.41) is 2.69. The van der Waals surface area contributed by atoms with Crippen LogP contribution < -0.4 is 0 Å². The number of piperidine rings is 1. The molecule has 0 aliphatic carbocycles. The highest BCUT2D eigenvalue weighted by Crippen LogP contribution is 2.37. The van der Waals surface area contributed by atoms with Crippen LogP contribution in [0.1, 0.15) is 75.7 Å². The lowest BCUT2D eigenvalue weighted by atomic mass is 9.94. The van der Waals surface area contributed by atoms with Crippen LogP contribution in [0.5, 0.6) is 0 Å². The first-order chi connectivity index (χ1) is 21.1. The van der Waals surface area contributed by atoms with Crippen LogP contribution in [0.15, 0.2) is 84.2 Å². The number of amides is 2. The van der Waals surface area contributed by atoms with E-state index in [4.69, 9.17) is 9.72 Å². The molecule has 0 bridgehead atoms. The molecule has 228 valence electrons. The Morgan fingerprint density at radius 1 is 0.886 bits per heavy atom. The molecule has 0 spiro atoms. The first-order valence-electron chi connectivity index (χ1n) is 14.7. The van der Waals surface area contributed by atoms with Crippen molar-refractivity contribution in [2.24, 2.45) is 0 Å².